The fraction of sp³-hybridized carbons (Fsp3) is 0.333. The largest absolute Gasteiger partial charge is 0.495 e. The van der Waals surface area contributed by atoms with Crippen LogP contribution in [0.4, 0.5) is 10.5 Å². The number of methoxy groups -OCH3 is 1. The Morgan fingerprint density at radius 2 is 1.96 bits per heavy atom. The Labute approximate surface area is 159 Å². The molecular weight excluding hydrogens is 342 g/mol. The van der Waals surface area contributed by atoms with E-state index in [1.165, 1.54) is 0 Å². The predicted molar refractivity (Wildman–Crippen MR) is 105 cm³/mol. The number of anilines is 1. The van der Waals surface area contributed by atoms with Gasteiger partial charge in [-0.15, -0.1) is 0 Å². The number of carbonyl (C=O) groups is 2. The highest BCUT2D eigenvalue weighted by molar-refractivity contribution is 6.05. The van der Waals surface area contributed by atoms with Crippen molar-refractivity contribution in [3.05, 3.63) is 59.7 Å². The van der Waals surface area contributed by atoms with Crippen molar-refractivity contribution in [1.29, 1.82) is 0 Å². The molecule has 2 aromatic rings. The minimum Gasteiger partial charge on any atom is -0.495 e. The van der Waals surface area contributed by atoms with Crippen molar-refractivity contribution in [2.24, 2.45) is 0 Å². The Morgan fingerprint density at radius 3 is 2.74 bits per heavy atom. The average molecular weight is 367 g/mol. The zero-order chi connectivity index (χ0) is 19.2. The SMILES string of the molecule is CNC(=O)N1CCCC(c2cccc(C(=O)Nc3ccccc3OC)c2)C1. The van der Waals surface area contributed by atoms with Crippen LogP contribution in [-0.2, 0) is 0 Å². The highest BCUT2D eigenvalue weighted by Crippen LogP contribution is 2.28. The highest BCUT2D eigenvalue weighted by Gasteiger charge is 2.24. The van der Waals surface area contributed by atoms with Crippen LogP contribution in [0, 0.1) is 0 Å². The Hall–Kier alpha value is -3.02. The standard InChI is InChI=1S/C21H25N3O3/c1-22-21(26)24-12-6-9-17(14-24)15-7-5-8-16(13-15)20(25)23-18-10-3-4-11-19(18)27-2/h3-5,7-8,10-11,13,17H,6,9,12,14H2,1-2H3,(H,22,26)(H,23,25). The summed E-state index contributed by atoms with van der Waals surface area (Å²) in [6, 6.07) is 14.9. The van der Waals surface area contributed by atoms with Gasteiger partial charge in [0.25, 0.3) is 5.91 Å². The fourth-order valence-electron chi connectivity index (χ4n) is 3.47. The molecule has 1 heterocycles. The lowest BCUT2D eigenvalue weighted by Gasteiger charge is -2.32. The Morgan fingerprint density at radius 1 is 1.15 bits per heavy atom. The van der Waals surface area contributed by atoms with Crippen molar-refractivity contribution in [3.8, 4) is 5.75 Å². The third-order valence-corrected chi connectivity index (χ3v) is 4.90. The van der Waals surface area contributed by atoms with E-state index >= 15 is 0 Å². The minimum atomic E-state index is -0.180. The monoisotopic (exact) mass is 367 g/mol. The molecule has 0 spiro atoms. The summed E-state index contributed by atoms with van der Waals surface area (Å²) in [5.74, 6) is 0.672. The molecule has 1 saturated heterocycles. The van der Waals surface area contributed by atoms with Crippen LogP contribution in [0.3, 0.4) is 0 Å². The number of ether oxygens (including phenoxy) is 1. The van der Waals surface area contributed by atoms with Gasteiger partial charge in [-0.05, 0) is 42.7 Å². The van der Waals surface area contributed by atoms with E-state index in [0.717, 1.165) is 24.9 Å². The van der Waals surface area contributed by atoms with Crippen LogP contribution in [-0.4, -0.2) is 44.1 Å². The number of benzene rings is 2. The lowest BCUT2D eigenvalue weighted by molar-refractivity contribution is 0.102. The number of hydrogen-bond acceptors (Lipinski definition) is 3. The van der Waals surface area contributed by atoms with Crippen molar-refractivity contribution in [2.75, 3.05) is 32.6 Å². The summed E-state index contributed by atoms with van der Waals surface area (Å²) < 4.78 is 5.29. The molecule has 3 amide bonds. The molecule has 1 aliphatic rings. The number of likely N-dealkylation sites (tertiary alicyclic amines) is 1. The minimum absolute atomic E-state index is 0.0511. The third-order valence-electron chi connectivity index (χ3n) is 4.90. The van der Waals surface area contributed by atoms with E-state index in [2.05, 4.69) is 10.6 Å². The van der Waals surface area contributed by atoms with Crippen molar-refractivity contribution >= 4 is 17.6 Å². The number of piperidine rings is 1. The van der Waals surface area contributed by atoms with Gasteiger partial charge >= 0.3 is 6.03 Å². The van der Waals surface area contributed by atoms with Gasteiger partial charge in [-0.25, -0.2) is 4.79 Å². The first-order valence-corrected chi connectivity index (χ1v) is 9.13. The Bertz CT molecular complexity index is 822. The van der Waals surface area contributed by atoms with Crippen LogP contribution < -0.4 is 15.4 Å². The van der Waals surface area contributed by atoms with Crippen LogP contribution in [0.2, 0.25) is 0 Å². The predicted octanol–water partition coefficient (Wildman–Crippen LogP) is 3.47. The zero-order valence-electron chi connectivity index (χ0n) is 15.7. The van der Waals surface area contributed by atoms with Gasteiger partial charge in [0.15, 0.2) is 0 Å². The second-order valence-corrected chi connectivity index (χ2v) is 6.62. The first kappa shape index (κ1) is 18.8. The van der Waals surface area contributed by atoms with Gasteiger partial charge < -0.3 is 20.3 Å². The van der Waals surface area contributed by atoms with Crippen LogP contribution in [0.15, 0.2) is 48.5 Å². The molecule has 3 rings (SSSR count). The molecular formula is C21H25N3O3. The highest BCUT2D eigenvalue weighted by atomic mass is 16.5. The van der Waals surface area contributed by atoms with Crippen molar-refractivity contribution in [2.45, 2.75) is 18.8 Å². The van der Waals surface area contributed by atoms with Gasteiger partial charge in [-0.1, -0.05) is 24.3 Å². The number of amides is 3. The van der Waals surface area contributed by atoms with Crippen molar-refractivity contribution in [3.63, 3.8) is 0 Å². The van der Waals surface area contributed by atoms with E-state index in [0.29, 0.717) is 23.5 Å². The molecule has 1 aliphatic heterocycles. The molecule has 1 atom stereocenters. The summed E-state index contributed by atoms with van der Waals surface area (Å²) in [6.45, 7) is 1.43. The van der Waals surface area contributed by atoms with Gasteiger partial charge in [-0.3, -0.25) is 4.79 Å². The summed E-state index contributed by atoms with van der Waals surface area (Å²) in [4.78, 5) is 26.4. The first-order valence-electron chi connectivity index (χ1n) is 9.13. The number of urea groups is 1. The average Bonchev–Trinajstić information content (AvgIpc) is 2.73. The number of para-hydroxylation sites is 2. The van der Waals surface area contributed by atoms with Gasteiger partial charge in [0, 0.05) is 31.6 Å². The van der Waals surface area contributed by atoms with Crippen LogP contribution in [0.25, 0.3) is 0 Å². The molecule has 6 nitrogen and oxygen atoms in total. The maximum atomic E-state index is 12.7. The van der Waals surface area contributed by atoms with E-state index in [4.69, 9.17) is 4.74 Å². The van der Waals surface area contributed by atoms with Gasteiger partial charge in [0.05, 0.1) is 12.8 Å². The number of nitrogens with one attached hydrogen (secondary N) is 2. The second kappa shape index (κ2) is 8.58. The maximum absolute atomic E-state index is 12.7. The van der Waals surface area contributed by atoms with Gasteiger partial charge in [0.2, 0.25) is 0 Å². The molecule has 0 bridgehead atoms. The van der Waals surface area contributed by atoms with Crippen molar-refractivity contribution < 1.29 is 14.3 Å². The summed E-state index contributed by atoms with van der Waals surface area (Å²) >= 11 is 0. The Balaban J connectivity index is 1.75. The molecule has 0 aromatic heterocycles. The molecule has 1 unspecified atom stereocenters. The Kier molecular flexibility index (Phi) is 5.96. The molecule has 27 heavy (non-hydrogen) atoms. The molecule has 1 fully saturated rings. The maximum Gasteiger partial charge on any atom is 0.317 e. The summed E-state index contributed by atoms with van der Waals surface area (Å²) in [7, 11) is 3.22. The van der Waals surface area contributed by atoms with Crippen LogP contribution >= 0.6 is 0 Å². The normalized spacial score (nSPS) is 16.5. The number of carbonyl (C=O) groups excluding carboxylic acids is 2. The van der Waals surface area contributed by atoms with Crippen LogP contribution in [0.5, 0.6) is 5.75 Å². The van der Waals surface area contributed by atoms with Crippen LogP contribution in [0.1, 0.15) is 34.7 Å². The number of hydrogen-bond donors (Lipinski definition) is 2. The van der Waals surface area contributed by atoms with Gasteiger partial charge in [0.1, 0.15) is 5.75 Å². The number of nitrogens with zero attached hydrogens (tertiary/aromatic N) is 1. The third kappa shape index (κ3) is 4.39. The lowest BCUT2D eigenvalue weighted by atomic mass is 9.89. The summed E-state index contributed by atoms with van der Waals surface area (Å²) in [5.41, 5.74) is 2.31. The van der Waals surface area contributed by atoms with E-state index in [9.17, 15) is 9.59 Å². The lowest BCUT2D eigenvalue weighted by Crippen LogP contribution is -2.43. The molecule has 0 aliphatic carbocycles. The molecule has 0 saturated carbocycles. The molecule has 0 radical (unpaired) electrons. The number of rotatable bonds is 4. The molecule has 2 aromatic carbocycles. The summed E-state index contributed by atoms with van der Waals surface area (Å²) in [5, 5.41) is 5.59. The van der Waals surface area contributed by atoms with E-state index < -0.39 is 0 Å². The van der Waals surface area contributed by atoms with E-state index in [1.54, 1.807) is 26.3 Å². The topological polar surface area (TPSA) is 70.7 Å². The molecule has 142 valence electrons. The van der Waals surface area contributed by atoms with E-state index in [1.807, 2.05) is 41.3 Å². The summed E-state index contributed by atoms with van der Waals surface area (Å²) in [6.07, 6.45) is 1.96. The first-order chi connectivity index (χ1) is 13.1. The fourth-order valence-corrected chi connectivity index (χ4v) is 3.47. The van der Waals surface area contributed by atoms with Crippen molar-refractivity contribution in [1.82, 2.24) is 10.2 Å². The second-order valence-electron chi connectivity index (χ2n) is 6.62. The smallest absolute Gasteiger partial charge is 0.317 e. The zero-order valence-corrected chi connectivity index (χ0v) is 15.7. The molecule has 6 heteroatoms. The quantitative estimate of drug-likeness (QED) is 0.869. The molecule has 2 N–H and O–H groups in total. The van der Waals surface area contributed by atoms with E-state index in [-0.39, 0.29) is 17.9 Å². The van der Waals surface area contributed by atoms with Gasteiger partial charge in [-0.2, -0.15) is 0 Å².